The van der Waals surface area contributed by atoms with Gasteiger partial charge in [-0.25, -0.2) is 4.98 Å². The summed E-state index contributed by atoms with van der Waals surface area (Å²) >= 11 is 1.79. The summed E-state index contributed by atoms with van der Waals surface area (Å²) in [6, 6.07) is 1.39. The molecule has 3 nitrogen and oxygen atoms in total. The molecule has 2 aliphatic heterocycles. The lowest BCUT2D eigenvalue weighted by molar-refractivity contribution is -0.0378. The Morgan fingerprint density at radius 2 is 2.16 bits per heavy atom. The molecule has 2 fully saturated rings. The average molecular weight is 279 g/mol. The predicted molar refractivity (Wildman–Crippen MR) is 80.5 cm³/mol. The van der Waals surface area contributed by atoms with Gasteiger partial charge in [-0.2, -0.15) is 0 Å². The van der Waals surface area contributed by atoms with Gasteiger partial charge in [-0.05, 0) is 40.2 Å². The van der Waals surface area contributed by atoms with E-state index in [0.29, 0.717) is 6.04 Å². The third-order valence-corrected chi connectivity index (χ3v) is 5.95. The molecule has 19 heavy (non-hydrogen) atoms. The van der Waals surface area contributed by atoms with E-state index in [1.807, 2.05) is 6.20 Å². The summed E-state index contributed by atoms with van der Waals surface area (Å²) in [6.07, 6.45) is 6.10. The Balaban J connectivity index is 1.80. The molecule has 0 N–H and O–H groups in total. The first-order valence-electron chi connectivity index (χ1n) is 7.50. The maximum atomic E-state index is 4.56. The first-order chi connectivity index (χ1) is 9.09. The van der Waals surface area contributed by atoms with Crippen molar-refractivity contribution < 1.29 is 0 Å². The summed E-state index contributed by atoms with van der Waals surface area (Å²) in [4.78, 5) is 9.95. The molecule has 0 radical (unpaired) electrons. The van der Waals surface area contributed by atoms with Crippen LogP contribution < -0.4 is 0 Å². The molecule has 1 aromatic heterocycles. The Bertz CT molecular complexity index is 415. The molecule has 2 unspecified atom stereocenters. The fourth-order valence-electron chi connectivity index (χ4n) is 3.78. The van der Waals surface area contributed by atoms with Crippen molar-refractivity contribution in [2.75, 3.05) is 19.6 Å². The first kappa shape index (κ1) is 13.5. The standard InChI is InChI=1S/C15H25N3S/c1-12-10-17-8-5-4-6-13(17)11-18(12)15(2,3)14-16-7-9-19-14/h7,9,12-13H,4-6,8,10-11H2,1-3H3. The summed E-state index contributed by atoms with van der Waals surface area (Å²) < 4.78 is 0. The van der Waals surface area contributed by atoms with Gasteiger partial charge < -0.3 is 0 Å². The second-order valence-electron chi connectivity index (χ2n) is 6.54. The van der Waals surface area contributed by atoms with Crippen molar-refractivity contribution in [1.29, 1.82) is 0 Å². The van der Waals surface area contributed by atoms with Crippen LogP contribution in [0, 0.1) is 0 Å². The monoisotopic (exact) mass is 279 g/mol. The predicted octanol–water partition coefficient (Wildman–Crippen LogP) is 2.94. The maximum Gasteiger partial charge on any atom is 0.112 e. The number of nitrogens with zero attached hydrogens (tertiary/aromatic N) is 3. The van der Waals surface area contributed by atoms with E-state index < -0.39 is 0 Å². The van der Waals surface area contributed by atoms with Crippen LogP contribution in [0.1, 0.15) is 45.0 Å². The third-order valence-electron chi connectivity index (χ3n) is 4.86. The topological polar surface area (TPSA) is 19.4 Å². The van der Waals surface area contributed by atoms with Gasteiger partial charge in [0.15, 0.2) is 0 Å². The van der Waals surface area contributed by atoms with Crippen molar-refractivity contribution in [3.05, 3.63) is 16.6 Å². The van der Waals surface area contributed by atoms with Gasteiger partial charge >= 0.3 is 0 Å². The van der Waals surface area contributed by atoms with E-state index in [9.17, 15) is 0 Å². The average Bonchev–Trinajstić information content (AvgIpc) is 2.92. The number of aromatic nitrogens is 1. The molecule has 1 aromatic rings. The molecule has 106 valence electrons. The van der Waals surface area contributed by atoms with E-state index >= 15 is 0 Å². The summed E-state index contributed by atoms with van der Waals surface area (Å²) in [7, 11) is 0. The minimum absolute atomic E-state index is 0.0666. The van der Waals surface area contributed by atoms with Gasteiger partial charge in [0.1, 0.15) is 5.01 Å². The van der Waals surface area contributed by atoms with Crippen molar-refractivity contribution in [3.8, 4) is 0 Å². The molecule has 2 aliphatic rings. The van der Waals surface area contributed by atoms with E-state index in [2.05, 4.69) is 40.9 Å². The molecule has 0 aliphatic carbocycles. The van der Waals surface area contributed by atoms with Crippen LogP contribution in [0.2, 0.25) is 0 Å². The number of thiazole rings is 1. The molecule has 0 bridgehead atoms. The summed E-state index contributed by atoms with van der Waals surface area (Å²) in [5, 5.41) is 3.35. The highest BCUT2D eigenvalue weighted by Crippen LogP contribution is 2.35. The minimum Gasteiger partial charge on any atom is -0.298 e. The van der Waals surface area contributed by atoms with Crippen LogP contribution in [0.3, 0.4) is 0 Å². The fraction of sp³-hybridized carbons (Fsp3) is 0.800. The zero-order valence-electron chi connectivity index (χ0n) is 12.3. The fourth-order valence-corrected chi connectivity index (χ4v) is 4.56. The Morgan fingerprint density at radius 1 is 1.32 bits per heavy atom. The molecule has 3 heterocycles. The molecule has 2 atom stereocenters. The number of hydrogen-bond acceptors (Lipinski definition) is 4. The highest BCUT2D eigenvalue weighted by molar-refractivity contribution is 7.09. The van der Waals surface area contributed by atoms with Gasteiger partial charge in [-0.3, -0.25) is 9.80 Å². The van der Waals surface area contributed by atoms with E-state index in [1.54, 1.807) is 11.3 Å². The number of piperazine rings is 1. The van der Waals surface area contributed by atoms with Crippen molar-refractivity contribution in [2.45, 2.75) is 57.7 Å². The first-order valence-corrected chi connectivity index (χ1v) is 8.38. The van der Waals surface area contributed by atoms with E-state index in [0.717, 1.165) is 6.04 Å². The molecule has 0 aromatic carbocycles. The van der Waals surface area contributed by atoms with Gasteiger partial charge in [0.2, 0.25) is 0 Å². The van der Waals surface area contributed by atoms with E-state index in [1.165, 1.54) is 43.9 Å². The second kappa shape index (κ2) is 5.15. The van der Waals surface area contributed by atoms with Crippen LogP contribution in [0.5, 0.6) is 0 Å². The highest BCUT2D eigenvalue weighted by Gasteiger charge is 2.41. The van der Waals surface area contributed by atoms with Gasteiger partial charge in [0.05, 0.1) is 5.54 Å². The molecule has 3 rings (SSSR count). The molecule has 2 saturated heterocycles. The Morgan fingerprint density at radius 3 is 2.89 bits per heavy atom. The van der Waals surface area contributed by atoms with Crippen molar-refractivity contribution in [3.63, 3.8) is 0 Å². The molecule has 4 heteroatoms. The van der Waals surface area contributed by atoms with Gasteiger partial charge in [-0.15, -0.1) is 11.3 Å². The van der Waals surface area contributed by atoms with Crippen molar-refractivity contribution in [2.24, 2.45) is 0 Å². The van der Waals surface area contributed by atoms with Crippen LogP contribution in [0.15, 0.2) is 11.6 Å². The SMILES string of the molecule is CC1CN2CCCCC2CN1C(C)(C)c1nccs1. The number of rotatable bonds is 2. The highest BCUT2D eigenvalue weighted by atomic mass is 32.1. The zero-order chi connectivity index (χ0) is 13.5. The zero-order valence-corrected chi connectivity index (χ0v) is 13.1. The van der Waals surface area contributed by atoms with Gasteiger partial charge in [0.25, 0.3) is 0 Å². The third kappa shape index (κ3) is 2.46. The Kier molecular flexibility index (Phi) is 3.67. The maximum absolute atomic E-state index is 4.56. The van der Waals surface area contributed by atoms with Crippen molar-refractivity contribution >= 4 is 11.3 Å². The molecular weight excluding hydrogens is 254 g/mol. The second-order valence-corrected chi connectivity index (χ2v) is 7.44. The number of fused-ring (bicyclic) bond motifs is 1. The lowest BCUT2D eigenvalue weighted by Crippen LogP contribution is -2.62. The summed E-state index contributed by atoms with van der Waals surface area (Å²) in [5.41, 5.74) is 0.0666. The largest absolute Gasteiger partial charge is 0.298 e. The smallest absolute Gasteiger partial charge is 0.112 e. The van der Waals surface area contributed by atoms with Gasteiger partial charge in [0, 0.05) is 36.8 Å². The molecular formula is C15H25N3S. The van der Waals surface area contributed by atoms with Crippen LogP contribution in [0.25, 0.3) is 0 Å². The minimum atomic E-state index is 0.0666. The van der Waals surface area contributed by atoms with Crippen LogP contribution in [0.4, 0.5) is 0 Å². The van der Waals surface area contributed by atoms with Gasteiger partial charge in [-0.1, -0.05) is 6.42 Å². The van der Waals surface area contributed by atoms with Crippen LogP contribution in [-0.4, -0.2) is 46.5 Å². The van der Waals surface area contributed by atoms with Crippen molar-refractivity contribution in [1.82, 2.24) is 14.8 Å². The quantitative estimate of drug-likeness (QED) is 0.830. The Labute approximate surface area is 120 Å². The lowest BCUT2D eigenvalue weighted by atomic mass is 9.92. The van der Waals surface area contributed by atoms with Crippen LogP contribution >= 0.6 is 11.3 Å². The Hall–Kier alpha value is -0.450. The van der Waals surface area contributed by atoms with Crippen LogP contribution in [-0.2, 0) is 5.54 Å². The number of hydrogen-bond donors (Lipinski definition) is 0. The molecule has 0 amide bonds. The molecule has 0 spiro atoms. The lowest BCUT2D eigenvalue weighted by Gasteiger charge is -2.52. The number of piperidine rings is 1. The molecule has 0 saturated carbocycles. The normalized spacial score (nSPS) is 30.3. The summed E-state index contributed by atoms with van der Waals surface area (Å²) in [6.45, 7) is 10.8. The van der Waals surface area contributed by atoms with E-state index in [4.69, 9.17) is 0 Å². The van der Waals surface area contributed by atoms with E-state index in [-0.39, 0.29) is 5.54 Å². The summed E-state index contributed by atoms with van der Waals surface area (Å²) in [5.74, 6) is 0.